The Bertz CT molecular complexity index is 887. The van der Waals surface area contributed by atoms with Crippen LogP contribution in [-0.4, -0.2) is 20.2 Å². The summed E-state index contributed by atoms with van der Waals surface area (Å²) in [5, 5.41) is 2.72. The summed E-state index contributed by atoms with van der Waals surface area (Å²) in [6.45, 7) is 4.92. The third-order valence-corrected chi connectivity index (χ3v) is 4.78. The minimum absolute atomic E-state index is 0.0535. The molecule has 0 saturated heterocycles. The number of rotatable bonds is 4. The van der Waals surface area contributed by atoms with Gasteiger partial charge in [0.05, 0.1) is 4.90 Å². The quantitative estimate of drug-likeness (QED) is 0.889. The maximum Gasteiger partial charge on any atom is 0.264 e. The molecule has 24 heavy (non-hydrogen) atoms. The first-order valence-corrected chi connectivity index (χ1v) is 8.69. The number of hydrogen-bond donors (Lipinski definition) is 2. The van der Waals surface area contributed by atoms with Crippen molar-refractivity contribution < 1.29 is 18.0 Å². The molecule has 2 N–H and O–H groups in total. The molecule has 7 heteroatoms. The lowest BCUT2D eigenvalue weighted by molar-refractivity contribution is -0.117. The molecule has 0 spiro atoms. The van der Waals surface area contributed by atoms with Gasteiger partial charge in [-0.2, -0.15) is 0 Å². The van der Waals surface area contributed by atoms with Gasteiger partial charge in [-0.05, 0) is 49.7 Å². The van der Waals surface area contributed by atoms with Crippen LogP contribution in [0.2, 0.25) is 0 Å². The second-order valence-electron chi connectivity index (χ2n) is 5.46. The van der Waals surface area contributed by atoms with Crippen LogP contribution in [0.15, 0.2) is 47.4 Å². The zero-order chi connectivity index (χ0) is 17.9. The molecule has 0 unspecified atom stereocenters. The van der Waals surface area contributed by atoms with Crippen LogP contribution in [0.25, 0.3) is 0 Å². The first-order valence-electron chi connectivity index (χ1n) is 7.21. The van der Waals surface area contributed by atoms with Crippen LogP contribution in [0.3, 0.4) is 0 Å². The smallest absolute Gasteiger partial charge is 0.264 e. The Morgan fingerprint density at radius 3 is 2.12 bits per heavy atom. The summed E-state index contributed by atoms with van der Waals surface area (Å²) >= 11 is 0. The van der Waals surface area contributed by atoms with Gasteiger partial charge in [0.2, 0.25) is 5.91 Å². The van der Waals surface area contributed by atoms with Crippen molar-refractivity contribution >= 4 is 27.5 Å². The summed E-state index contributed by atoms with van der Waals surface area (Å²) < 4.78 is 25.6. The Kier molecular flexibility index (Phi) is 5.04. The molecule has 2 rings (SSSR count). The summed E-state index contributed by atoms with van der Waals surface area (Å²) in [7, 11) is -3.88. The van der Waals surface area contributed by atoms with Crippen LogP contribution in [0.5, 0.6) is 0 Å². The Morgan fingerprint density at radius 2 is 1.58 bits per heavy atom. The van der Waals surface area contributed by atoms with Gasteiger partial charge in [-0.25, -0.2) is 13.1 Å². The van der Waals surface area contributed by atoms with Crippen LogP contribution in [0.4, 0.5) is 5.69 Å². The van der Waals surface area contributed by atoms with Gasteiger partial charge in [-0.1, -0.05) is 17.7 Å². The lowest BCUT2D eigenvalue weighted by atomic mass is 10.1. The summed E-state index contributed by atoms with van der Waals surface area (Å²) in [5.74, 6) is -0.938. The van der Waals surface area contributed by atoms with Gasteiger partial charge in [0.15, 0.2) is 0 Å². The zero-order valence-corrected chi connectivity index (χ0v) is 14.4. The minimum Gasteiger partial charge on any atom is -0.322 e. The van der Waals surface area contributed by atoms with Gasteiger partial charge in [0.25, 0.3) is 15.9 Å². The number of carbonyl (C=O) groups excluding carboxylic acids is 2. The molecule has 0 bridgehead atoms. The van der Waals surface area contributed by atoms with Crippen LogP contribution >= 0.6 is 0 Å². The molecule has 2 amide bonds. The number of amides is 2. The highest BCUT2D eigenvalue weighted by Gasteiger charge is 2.15. The standard InChI is InChI=1S/C17H18N2O4S/c1-11-4-9-16(12(2)10-11)17(21)18-14-5-7-15(8-6-14)24(22,23)19-13(3)20/h4-10H,1-3H3,(H,18,21)(H,19,20). The normalized spacial score (nSPS) is 11.0. The maximum atomic E-state index is 12.3. The SMILES string of the molecule is CC(=O)NS(=O)(=O)c1ccc(NC(=O)c2ccc(C)cc2C)cc1. The molecule has 6 nitrogen and oxygen atoms in total. The highest BCUT2D eigenvalue weighted by molar-refractivity contribution is 7.90. The number of benzene rings is 2. The first kappa shape index (κ1) is 17.7. The molecule has 126 valence electrons. The molecular formula is C17H18N2O4S. The molecule has 0 atom stereocenters. The van der Waals surface area contributed by atoms with Gasteiger partial charge in [0, 0.05) is 18.2 Å². The van der Waals surface area contributed by atoms with Gasteiger partial charge < -0.3 is 5.32 Å². The highest BCUT2D eigenvalue weighted by Crippen LogP contribution is 2.17. The van der Waals surface area contributed by atoms with E-state index in [1.807, 2.05) is 30.7 Å². The lowest BCUT2D eigenvalue weighted by Crippen LogP contribution is -2.28. The molecule has 0 radical (unpaired) electrons. The number of sulfonamides is 1. The average Bonchev–Trinajstić information content (AvgIpc) is 2.46. The van der Waals surface area contributed by atoms with E-state index in [0.717, 1.165) is 18.1 Å². The topological polar surface area (TPSA) is 92.3 Å². The fraction of sp³-hybridized carbons (Fsp3) is 0.176. The second-order valence-corrected chi connectivity index (χ2v) is 7.14. The molecule has 2 aromatic rings. The van der Waals surface area contributed by atoms with Crippen molar-refractivity contribution in [3.8, 4) is 0 Å². The fourth-order valence-electron chi connectivity index (χ4n) is 2.23. The summed E-state index contributed by atoms with van der Waals surface area (Å²) in [6, 6.07) is 11.1. The Hall–Kier alpha value is -2.67. The molecule has 0 aromatic heterocycles. The van der Waals surface area contributed by atoms with E-state index in [0.29, 0.717) is 11.3 Å². The monoisotopic (exact) mass is 346 g/mol. The van der Waals surface area contributed by atoms with Crippen molar-refractivity contribution in [2.24, 2.45) is 0 Å². The zero-order valence-electron chi connectivity index (χ0n) is 13.6. The Balaban J connectivity index is 2.17. The van der Waals surface area contributed by atoms with Gasteiger partial charge in [0.1, 0.15) is 0 Å². The van der Waals surface area contributed by atoms with E-state index in [9.17, 15) is 18.0 Å². The average molecular weight is 346 g/mol. The maximum absolute atomic E-state index is 12.3. The van der Waals surface area contributed by atoms with Crippen molar-refractivity contribution in [1.29, 1.82) is 0 Å². The molecule has 0 heterocycles. The number of aryl methyl sites for hydroxylation is 2. The molecular weight excluding hydrogens is 328 g/mol. The van der Waals surface area contributed by atoms with Gasteiger partial charge >= 0.3 is 0 Å². The van der Waals surface area contributed by atoms with Crippen molar-refractivity contribution in [2.75, 3.05) is 5.32 Å². The molecule has 0 fully saturated rings. The van der Waals surface area contributed by atoms with E-state index in [1.165, 1.54) is 24.3 Å². The van der Waals surface area contributed by atoms with E-state index in [2.05, 4.69) is 5.32 Å². The highest BCUT2D eigenvalue weighted by atomic mass is 32.2. The molecule has 0 aliphatic heterocycles. The third kappa shape index (κ3) is 4.20. The van der Waals surface area contributed by atoms with E-state index in [4.69, 9.17) is 0 Å². The summed E-state index contributed by atoms with van der Waals surface area (Å²) in [6.07, 6.45) is 0. The van der Waals surface area contributed by atoms with E-state index in [-0.39, 0.29) is 10.8 Å². The Morgan fingerprint density at radius 1 is 0.958 bits per heavy atom. The summed E-state index contributed by atoms with van der Waals surface area (Å²) in [5.41, 5.74) is 2.94. The van der Waals surface area contributed by atoms with E-state index < -0.39 is 15.9 Å². The van der Waals surface area contributed by atoms with Crippen LogP contribution in [0.1, 0.15) is 28.4 Å². The summed E-state index contributed by atoms with van der Waals surface area (Å²) in [4.78, 5) is 23.1. The molecule has 2 aromatic carbocycles. The van der Waals surface area contributed by atoms with E-state index in [1.54, 1.807) is 6.07 Å². The molecule has 0 saturated carbocycles. The minimum atomic E-state index is -3.88. The van der Waals surface area contributed by atoms with Crippen molar-refractivity contribution in [2.45, 2.75) is 25.7 Å². The van der Waals surface area contributed by atoms with Gasteiger partial charge in [-0.15, -0.1) is 0 Å². The predicted molar refractivity (Wildman–Crippen MR) is 91.3 cm³/mol. The van der Waals surface area contributed by atoms with Crippen molar-refractivity contribution in [1.82, 2.24) is 4.72 Å². The van der Waals surface area contributed by atoms with Gasteiger partial charge in [-0.3, -0.25) is 9.59 Å². The lowest BCUT2D eigenvalue weighted by Gasteiger charge is -2.09. The van der Waals surface area contributed by atoms with Crippen molar-refractivity contribution in [3.05, 3.63) is 59.2 Å². The number of nitrogens with one attached hydrogen (secondary N) is 2. The number of carbonyl (C=O) groups is 2. The van der Waals surface area contributed by atoms with Crippen LogP contribution < -0.4 is 10.0 Å². The van der Waals surface area contributed by atoms with E-state index >= 15 is 0 Å². The van der Waals surface area contributed by atoms with Crippen LogP contribution in [-0.2, 0) is 14.8 Å². The Labute approximate surface area is 140 Å². The van der Waals surface area contributed by atoms with Crippen LogP contribution in [0, 0.1) is 13.8 Å². The second kappa shape index (κ2) is 6.84. The molecule has 0 aliphatic rings. The first-order chi connectivity index (χ1) is 11.2. The predicted octanol–water partition coefficient (Wildman–Crippen LogP) is 2.38. The number of hydrogen-bond acceptors (Lipinski definition) is 4. The number of anilines is 1. The largest absolute Gasteiger partial charge is 0.322 e. The molecule has 0 aliphatic carbocycles. The fourth-order valence-corrected chi connectivity index (χ4v) is 3.22. The third-order valence-electron chi connectivity index (χ3n) is 3.33. The van der Waals surface area contributed by atoms with Crippen molar-refractivity contribution in [3.63, 3.8) is 0 Å².